The summed E-state index contributed by atoms with van der Waals surface area (Å²) in [5.74, 6) is -0.135. The van der Waals surface area contributed by atoms with E-state index in [0.717, 1.165) is 5.56 Å². The highest BCUT2D eigenvalue weighted by atomic mass is 35.5. The number of Topliss-reactive ketones (excluding diaryl/α,β-unsaturated/α-hetero) is 1. The number of nitrogens with one attached hydrogen (secondary N) is 1. The number of hydrogen-bond donors (Lipinski definition) is 1. The van der Waals surface area contributed by atoms with E-state index in [1.807, 2.05) is 26.0 Å². The molecule has 3 nitrogen and oxygen atoms in total. The molecule has 98 valence electrons. The lowest BCUT2D eigenvalue weighted by atomic mass is 9.96. The first-order chi connectivity index (χ1) is 8.40. The summed E-state index contributed by atoms with van der Waals surface area (Å²) in [6.07, 6.45) is -0.0726. The molecule has 1 amide bonds. The zero-order chi connectivity index (χ0) is 13.7. The lowest BCUT2D eigenvalue weighted by molar-refractivity contribution is -0.127. The molecule has 0 aromatic heterocycles. The van der Waals surface area contributed by atoms with Gasteiger partial charge >= 0.3 is 0 Å². The predicted molar refractivity (Wildman–Crippen MR) is 72.5 cm³/mol. The van der Waals surface area contributed by atoms with Crippen molar-refractivity contribution < 1.29 is 9.59 Å². The van der Waals surface area contributed by atoms with Gasteiger partial charge < -0.3 is 5.32 Å². The van der Waals surface area contributed by atoms with E-state index in [-0.39, 0.29) is 30.1 Å². The monoisotopic (exact) mass is 267 g/mol. The third-order valence-electron chi connectivity index (χ3n) is 2.62. The minimum Gasteiger partial charge on any atom is -0.349 e. The van der Waals surface area contributed by atoms with Gasteiger partial charge in [-0.25, -0.2) is 0 Å². The van der Waals surface area contributed by atoms with Crippen molar-refractivity contribution in [2.45, 2.75) is 33.2 Å². The molecule has 1 atom stereocenters. The summed E-state index contributed by atoms with van der Waals surface area (Å²) in [6, 6.07) is 7.27. The van der Waals surface area contributed by atoms with Gasteiger partial charge in [0, 0.05) is 5.02 Å². The van der Waals surface area contributed by atoms with E-state index in [4.69, 9.17) is 11.6 Å². The number of ketones is 1. The van der Waals surface area contributed by atoms with Gasteiger partial charge in [0.25, 0.3) is 0 Å². The van der Waals surface area contributed by atoms with Crippen LogP contribution in [0.1, 0.15) is 38.8 Å². The van der Waals surface area contributed by atoms with Gasteiger partial charge in [-0.3, -0.25) is 9.59 Å². The number of benzene rings is 1. The van der Waals surface area contributed by atoms with Crippen molar-refractivity contribution in [3.63, 3.8) is 0 Å². The van der Waals surface area contributed by atoms with Crippen LogP contribution in [0.2, 0.25) is 5.02 Å². The second kappa shape index (κ2) is 6.55. The highest BCUT2D eigenvalue weighted by Gasteiger charge is 2.18. The molecule has 0 radical (unpaired) electrons. The summed E-state index contributed by atoms with van der Waals surface area (Å²) in [4.78, 5) is 22.6. The molecule has 0 aliphatic rings. The van der Waals surface area contributed by atoms with Crippen LogP contribution >= 0.6 is 11.6 Å². The normalized spacial score (nSPS) is 12.3. The van der Waals surface area contributed by atoms with Crippen LogP contribution in [0.15, 0.2) is 24.3 Å². The molecule has 0 aliphatic heterocycles. The summed E-state index contributed by atoms with van der Waals surface area (Å²) >= 11 is 5.84. The van der Waals surface area contributed by atoms with E-state index < -0.39 is 0 Å². The largest absolute Gasteiger partial charge is 0.349 e. The molecule has 1 N–H and O–H groups in total. The highest BCUT2D eigenvalue weighted by molar-refractivity contribution is 6.30. The molecular formula is C14H18ClNO2. The van der Waals surface area contributed by atoms with E-state index in [9.17, 15) is 9.59 Å². The number of carbonyl (C=O) groups is 2. The average Bonchev–Trinajstić information content (AvgIpc) is 2.26. The molecule has 1 aromatic carbocycles. The molecular weight excluding hydrogens is 250 g/mol. The maximum absolute atomic E-state index is 11.7. The van der Waals surface area contributed by atoms with Crippen LogP contribution in [0.25, 0.3) is 0 Å². The molecule has 0 aliphatic carbocycles. The minimum atomic E-state index is -0.240. The van der Waals surface area contributed by atoms with Crippen LogP contribution in [-0.4, -0.2) is 11.7 Å². The molecule has 0 saturated carbocycles. The number of carbonyl (C=O) groups excluding carboxylic acids is 2. The first-order valence-corrected chi connectivity index (χ1v) is 6.32. The summed E-state index contributed by atoms with van der Waals surface area (Å²) in [5.41, 5.74) is 0.992. The van der Waals surface area contributed by atoms with Crippen molar-refractivity contribution in [2.24, 2.45) is 5.92 Å². The second-order valence-electron chi connectivity index (χ2n) is 4.72. The van der Waals surface area contributed by atoms with Gasteiger partial charge in [-0.05, 0) is 30.5 Å². The van der Waals surface area contributed by atoms with Gasteiger partial charge in [0.2, 0.25) is 5.91 Å². The van der Waals surface area contributed by atoms with E-state index in [2.05, 4.69) is 5.32 Å². The van der Waals surface area contributed by atoms with Gasteiger partial charge in [0.1, 0.15) is 5.78 Å². The van der Waals surface area contributed by atoms with E-state index in [1.165, 1.54) is 6.92 Å². The Morgan fingerprint density at radius 3 is 2.22 bits per heavy atom. The summed E-state index contributed by atoms with van der Waals surface area (Å²) in [7, 11) is 0. The van der Waals surface area contributed by atoms with Crippen LogP contribution in [0.4, 0.5) is 0 Å². The molecule has 1 aromatic rings. The van der Waals surface area contributed by atoms with Gasteiger partial charge in [-0.1, -0.05) is 37.6 Å². The van der Waals surface area contributed by atoms with Crippen LogP contribution < -0.4 is 5.32 Å². The fraction of sp³-hybridized carbons (Fsp3) is 0.429. The predicted octanol–water partition coefficient (Wildman–Crippen LogP) is 3.13. The van der Waals surface area contributed by atoms with E-state index in [1.54, 1.807) is 12.1 Å². The average molecular weight is 268 g/mol. The second-order valence-corrected chi connectivity index (χ2v) is 5.16. The Morgan fingerprint density at radius 2 is 1.78 bits per heavy atom. The quantitative estimate of drug-likeness (QED) is 0.833. The standard InChI is InChI=1S/C14H18ClNO2/c1-9(2)14(16-13(18)8-10(3)17)11-4-6-12(15)7-5-11/h4-7,9,14H,8H2,1-3H3,(H,16,18). The number of hydrogen-bond acceptors (Lipinski definition) is 2. The summed E-state index contributed by atoms with van der Waals surface area (Å²) in [5, 5.41) is 3.54. The Balaban J connectivity index is 2.80. The zero-order valence-electron chi connectivity index (χ0n) is 10.9. The summed E-state index contributed by atoms with van der Waals surface area (Å²) in [6.45, 7) is 5.45. The topological polar surface area (TPSA) is 46.2 Å². The molecule has 1 unspecified atom stereocenters. The van der Waals surface area contributed by atoms with Crippen molar-refractivity contribution >= 4 is 23.3 Å². The van der Waals surface area contributed by atoms with Gasteiger partial charge in [-0.2, -0.15) is 0 Å². The molecule has 0 bridgehead atoms. The first kappa shape index (κ1) is 14.7. The minimum absolute atomic E-state index is 0.0726. The molecule has 0 fully saturated rings. The highest BCUT2D eigenvalue weighted by Crippen LogP contribution is 2.23. The van der Waals surface area contributed by atoms with Gasteiger partial charge in [-0.15, -0.1) is 0 Å². The van der Waals surface area contributed by atoms with Crippen LogP contribution in [0, 0.1) is 5.92 Å². The lowest BCUT2D eigenvalue weighted by Crippen LogP contribution is -2.32. The Kier molecular flexibility index (Phi) is 5.35. The Bertz CT molecular complexity index is 426. The lowest BCUT2D eigenvalue weighted by Gasteiger charge is -2.22. The number of amides is 1. The van der Waals surface area contributed by atoms with Crippen LogP contribution in [-0.2, 0) is 9.59 Å². The van der Waals surface area contributed by atoms with Crippen molar-refractivity contribution in [3.05, 3.63) is 34.9 Å². The maximum Gasteiger partial charge on any atom is 0.227 e. The first-order valence-electron chi connectivity index (χ1n) is 5.94. The Hall–Kier alpha value is -1.35. The van der Waals surface area contributed by atoms with Gasteiger partial charge in [0.15, 0.2) is 0 Å². The smallest absolute Gasteiger partial charge is 0.227 e. The Labute approximate surface area is 113 Å². The maximum atomic E-state index is 11.7. The zero-order valence-corrected chi connectivity index (χ0v) is 11.6. The molecule has 0 spiro atoms. The molecule has 1 rings (SSSR count). The third-order valence-corrected chi connectivity index (χ3v) is 2.87. The van der Waals surface area contributed by atoms with Crippen LogP contribution in [0.3, 0.4) is 0 Å². The third kappa shape index (κ3) is 4.49. The number of halogens is 1. The van der Waals surface area contributed by atoms with Crippen molar-refractivity contribution in [1.82, 2.24) is 5.32 Å². The fourth-order valence-corrected chi connectivity index (χ4v) is 1.88. The van der Waals surface area contributed by atoms with Crippen molar-refractivity contribution in [1.29, 1.82) is 0 Å². The van der Waals surface area contributed by atoms with Crippen LogP contribution in [0.5, 0.6) is 0 Å². The SMILES string of the molecule is CC(=O)CC(=O)NC(c1ccc(Cl)cc1)C(C)C. The fourth-order valence-electron chi connectivity index (χ4n) is 1.76. The van der Waals surface area contributed by atoms with E-state index >= 15 is 0 Å². The van der Waals surface area contributed by atoms with E-state index in [0.29, 0.717) is 5.02 Å². The number of rotatable bonds is 5. The molecule has 0 saturated heterocycles. The van der Waals surface area contributed by atoms with Crippen molar-refractivity contribution in [3.8, 4) is 0 Å². The molecule has 0 heterocycles. The Morgan fingerprint density at radius 1 is 1.22 bits per heavy atom. The van der Waals surface area contributed by atoms with Crippen molar-refractivity contribution in [2.75, 3.05) is 0 Å². The molecule has 4 heteroatoms. The van der Waals surface area contributed by atoms with Gasteiger partial charge in [0.05, 0.1) is 12.5 Å². The summed E-state index contributed by atoms with van der Waals surface area (Å²) < 4.78 is 0. The molecule has 18 heavy (non-hydrogen) atoms.